The first-order chi connectivity index (χ1) is 16.9. The molecule has 0 heterocycles. The number of alkyl carbamates (subject to hydrolysis) is 1. The fraction of sp³-hybridized carbons (Fsp3) is 0.464. The number of rotatable bonds is 9. The normalized spacial score (nSPS) is 24.6. The quantitative estimate of drug-likeness (QED) is 0.496. The standard InChI is InChI=1S/C28H32N2O5/c1-2-3-12-24(25(31)32)30-26(33)28-14-17(28)13-18(15-28)29-27(34)35-16-23-21-10-6-4-8-19(21)20-9-5-7-11-22(20)23/h4-11,17-18,23-24H,2-3,12-16H2,1H3,(H,29,34)(H,30,33)(H,31,32)/t17-,18+,24+,28+/m1/s1. The Morgan fingerprint density at radius 3 is 2.34 bits per heavy atom. The first-order valence-corrected chi connectivity index (χ1v) is 12.6. The molecule has 0 radical (unpaired) electrons. The summed E-state index contributed by atoms with van der Waals surface area (Å²) in [6.07, 6.45) is 3.57. The van der Waals surface area contributed by atoms with Gasteiger partial charge in [-0.1, -0.05) is 68.3 Å². The van der Waals surface area contributed by atoms with Crippen LogP contribution in [0.25, 0.3) is 11.1 Å². The molecule has 3 N–H and O–H groups in total. The fourth-order valence-corrected chi connectivity index (χ4v) is 6.06. The van der Waals surface area contributed by atoms with E-state index in [9.17, 15) is 19.5 Å². The molecule has 2 amide bonds. The van der Waals surface area contributed by atoms with Crippen LogP contribution in [-0.2, 0) is 14.3 Å². The van der Waals surface area contributed by atoms with E-state index in [2.05, 4.69) is 34.9 Å². The van der Waals surface area contributed by atoms with Crippen molar-refractivity contribution >= 4 is 18.0 Å². The van der Waals surface area contributed by atoms with E-state index in [4.69, 9.17) is 4.74 Å². The molecule has 0 spiro atoms. The van der Waals surface area contributed by atoms with Crippen LogP contribution < -0.4 is 10.6 Å². The van der Waals surface area contributed by atoms with Crippen LogP contribution in [0.15, 0.2) is 48.5 Å². The summed E-state index contributed by atoms with van der Waals surface area (Å²) in [5, 5.41) is 15.1. The predicted molar refractivity (Wildman–Crippen MR) is 131 cm³/mol. The van der Waals surface area contributed by atoms with Crippen molar-refractivity contribution in [2.75, 3.05) is 6.61 Å². The van der Waals surface area contributed by atoms with Crippen molar-refractivity contribution in [2.24, 2.45) is 11.3 Å². The van der Waals surface area contributed by atoms with Gasteiger partial charge in [0.15, 0.2) is 0 Å². The largest absolute Gasteiger partial charge is 0.480 e. The third-order valence-electron chi connectivity index (χ3n) is 7.98. The lowest BCUT2D eigenvalue weighted by molar-refractivity contribution is -0.143. The smallest absolute Gasteiger partial charge is 0.407 e. The lowest BCUT2D eigenvalue weighted by Crippen LogP contribution is -2.45. The zero-order valence-electron chi connectivity index (χ0n) is 20.0. The van der Waals surface area contributed by atoms with Crippen LogP contribution >= 0.6 is 0 Å². The van der Waals surface area contributed by atoms with Gasteiger partial charge in [0.1, 0.15) is 12.6 Å². The summed E-state index contributed by atoms with van der Waals surface area (Å²) in [7, 11) is 0. The van der Waals surface area contributed by atoms with Crippen LogP contribution in [0.4, 0.5) is 4.79 Å². The van der Waals surface area contributed by atoms with Crippen LogP contribution in [0.5, 0.6) is 0 Å². The third-order valence-corrected chi connectivity index (χ3v) is 7.98. The molecular weight excluding hydrogens is 444 g/mol. The maximum absolute atomic E-state index is 12.9. The minimum atomic E-state index is -0.994. The predicted octanol–water partition coefficient (Wildman–Crippen LogP) is 4.45. The van der Waals surface area contributed by atoms with Gasteiger partial charge < -0.3 is 20.5 Å². The molecule has 35 heavy (non-hydrogen) atoms. The van der Waals surface area contributed by atoms with Gasteiger partial charge in [-0.05, 0) is 53.9 Å². The summed E-state index contributed by atoms with van der Waals surface area (Å²) in [5.74, 6) is -1.00. The first kappa shape index (κ1) is 23.4. The highest BCUT2D eigenvalue weighted by molar-refractivity contribution is 5.90. The SMILES string of the molecule is CCCC[C@H](NC(=O)[C@@]12C[C@@H](NC(=O)OCC3c4ccccc4-c4ccccc43)C[C@@H]1C2)C(=O)O. The second-order valence-corrected chi connectivity index (χ2v) is 10.2. The third kappa shape index (κ3) is 4.40. The highest BCUT2D eigenvalue weighted by Crippen LogP contribution is 2.63. The number of nitrogens with one attached hydrogen (secondary N) is 2. The Morgan fingerprint density at radius 1 is 1.06 bits per heavy atom. The van der Waals surface area contributed by atoms with Crippen molar-refractivity contribution in [3.05, 3.63) is 59.7 Å². The number of carboxylic acid groups (broad SMARTS) is 1. The van der Waals surface area contributed by atoms with E-state index < -0.39 is 23.5 Å². The Balaban J connectivity index is 1.15. The van der Waals surface area contributed by atoms with Crippen molar-refractivity contribution in [2.45, 2.75) is 63.5 Å². The summed E-state index contributed by atoms with van der Waals surface area (Å²) in [4.78, 5) is 37.1. The lowest BCUT2D eigenvalue weighted by Gasteiger charge is -2.21. The summed E-state index contributed by atoms with van der Waals surface area (Å²) in [6, 6.07) is 15.4. The van der Waals surface area contributed by atoms with E-state index in [0.29, 0.717) is 19.3 Å². The topological polar surface area (TPSA) is 105 Å². The minimum Gasteiger partial charge on any atom is -0.480 e. The van der Waals surface area contributed by atoms with Crippen LogP contribution in [0.2, 0.25) is 0 Å². The van der Waals surface area contributed by atoms with Crippen molar-refractivity contribution in [1.29, 1.82) is 0 Å². The zero-order chi connectivity index (χ0) is 24.6. The van der Waals surface area contributed by atoms with Crippen LogP contribution in [0.1, 0.15) is 62.5 Å². The molecule has 3 aliphatic rings. The molecule has 5 rings (SSSR count). The van der Waals surface area contributed by atoms with E-state index in [1.807, 2.05) is 31.2 Å². The Kier molecular flexibility index (Phi) is 6.26. The van der Waals surface area contributed by atoms with Gasteiger partial charge in [-0.25, -0.2) is 9.59 Å². The fourth-order valence-electron chi connectivity index (χ4n) is 6.06. The van der Waals surface area contributed by atoms with Crippen LogP contribution in [0, 0.1) is 11.3 Å². The van der Waals surface area contributed by atoms with Gasteiger partial charge >= 0.3 is 12.1 Å². The summed E-state index contributed by atoms with van der Waals surface area (Å²) < 4.78 is 5.66. The number of unbranched alkanes of at least 4 members (excludes halogenated alkanes) is 1. The van der Waals surface area contributed by atoms with Crippen molar-refractivity contribution in [3.63, 3.8) is 0 Å². The molecule has 2 aromatic rings. The molecule has 4 atom stereocenters. The van der Waals surface area contributed by atoms with Gasteiger partial charge in [0, 0.05) is 12.0 Å². The zero-order valence-corrected chi connectivity index (χ0v) is 20.0. The molecule has 184 valence electrons. The summed E-state index contributed by atoms with van der Waals surface area (Å²) in [6.45, 7) is 2.24. The lowest BCUT2D eigenvalue weighted by atomic mass is 9.98. The molecule has 2 saturated carbocycles. The number of amides is 2. The number of carbonyl (C=O) groups excluding carboxylic acids is 2. The van der Waals surface area contributed by atoms with Gasteiger partial charge in [0.05, 0.1) is 5.41 Å². The second-order valence-electron chi connectivity index (χ2n) is 10.2. The number of benzene rings is 2. The van der Waals surface area contributed by atoms with E-state index in [0.717, 1.165) is 30.4 Å². The number of carboxylic acids is 1. The highest BCUT2D eigenvalue weighted by atomic mass is 16.5. The van der Waals surface area contributed by atoms with Crippen molar-refractivity contribution in [3.8, 4) is 11.1 Å². The molecule has 7 heteroatoms. The van der Waals surface area contributed by atoms with Gasteiger partial charge in [0.2, 0.25) is 5.91 Å². The molecule has 0 saturated heterocycles. The first-order valence-electron chi connectivity index (χ1n) is 12.6. The Hall–Kier alpha value is -3.35. The Bertz CT molecular complexity index is 1100. The Labute approximate surface area is 205 Å². The average Bonchev–Trinajstić information content (AvgIpc) is 3.28. The van der Waals surface area contributed by atoms with E-state index in [1.165, 1.54) is 11.1 Å². The van der Waals surface area contributed by atoms with Crippen molar-refractivity contribution < 1.29 is 24.2 Å². The van der Waals surface area contributed by atoms with E-state index >= 15 is 0 Å². The number of carbonyl (C=O) groups is 3. The van der Waals surface area contributed by atoms with Gasteiger partial charge in [-0.2, -0.15) is 0 Å². The van der Waals surface area contributed by atoms with Gasteiger partial charge in [-0.15, -0.1) is 0 Å². The molecule has 2 aromatic carbocycles. The number of hydrogen-bond acceptors (Lipinski definition) is 4. The highest BCUT2D eigenvalue weighted by Gasteiger charge is 2.65. The maximum atomic E-state index is 12.9. The minimum absolute atomic E-state index is 0.00155. The van der Waals surface area contributed by atoms with Crippen LogP contribution in [0.3, 0.4) is 0 Å². The number of hydrogen-bond donors (Lipinski definition) is 3. The molecule has 0 aromatic heterocycles. The monoisotopic (exact) mass is 476 g/mol. The molecule has 2 fully saturated rings. The number of ether oxygens (including phenoxy) is 1. The van der Waals surface area contributed by atoms with Gasteiger partial charge in [-0.3, -0.25) is 4.79 Å². The molecule has 0 unspecified atom stereocenters. The molecular formula is C28H32N2O5. The van der Waals surface area contributed by atoms with E-state index in [1.54, 1.807) is 0 Å². The molecule has 0 bridgehead atoms. The summed E-state index contributed by atoms with van der Waals surface area (Å²) in [5.41, 5.74) is 4.13. The molecule has 7 nitrogen and oxygen atoms in total. The Morgan fingerprint density at radius 2 is 1.71 bits per heavy atom. The summed E-state index contributed by atoms with van der Waals surface area (Å²) >= 11 is 0. The molecule has 0 aliphatic heterocycles. The van der Waals surface area contributed by atoms with Gasteiger partial charge in [0.25, 0.3) is 0 Å². The van der Waals surface area contributed by atoms with Crippen molar-refractivity contribution in [1.82, 2.24) is 10.6 Å². The number of fused-ring (bicyclic) bond motifs is 4. The average molecular weight is 477 g/mol. The maximum Gasteiger partial charge on any atom is 0.407 e. The second kappa shape index (κ2) is 9.36. The van der Waals surface area contributed by atoms with Crippen LogP contribution in [-0.4, -0.2) is 41.8 Å². The number of aliphatic carboxylic acids is 1. The van der Waals surface area contributed by atoms with E-state index in [-0.39, 0.29) is 30.4 Å². The molecule has 3 aliphatic carbocycles.